The maximum atomic E-state index is 11.7. The molecule has 0 aliphatic carbocycles. The minimum absolute atomic E-state index is 0.122. The summed E-state index contributed by atoms with van der Waals surface area (Å²) in [7, 11) is 0. The van der Waals surface area contributed by atoms with Crippen molar-refractivity contribution in [3.05, 3.63) is 81.8 Å². The fourth-order valence-corrected chi connectivity index (χ4v) is 4.04. The van der Waals surface area contributed by atoms with Crippen molar-refractivity contribution in [3.8, 4) is 11.3 Å². The first-order chi connectivity index (χ1) is 17.9. The van der Waals surface area contributed by atoms with Crippen LogP contribution in [0.4, 0.5) is 23.0 Å². The summed E-state index contributed by atoms with van der Waals surface area (Å²) >= 11 is 12.5. The molecule has 0 unspecified atom stereocenters. The van der Waals surface area contributed by atoms with Crippen LogP contribution in [0.25, 0.3) is 11.3 Å². The molecular formula is C26H26Cl2N6O3. The second-order valence-electron chi connectivity index (χ2n) is 8.13. The number of para-hydroxylation sites is 1. The molecule has 9 nitrogen and oxygen atoms in total. The van der Waals surface area contributed by atoms with Crippen LogP contribution in [0.2, 0.25) is 10.0 Å². The number of nitrogens with two attached hydrogens (primary N) is 1. The van der Waals surface area contributed by atoms with Crippen molar-refractivity contribution in [1.29, 1.82) is 0 Å². The number of carbonyl (C=O) groups is 1. The van der Waals surface area contributed by atoms with Crippen molar-refractivity contribution in [3.63, 3.8) is 0 Å². The summed E-state index contributed by atoms with van der Waals surface area (Å²) in [4.78, 5) is 20.8. The quantitative estimate of drug-likeness (QED) is 0.141. The number of nitrogens with one attached hydrogen (secondary N) is 3. The van der Waals surface area contributed by atoms with Gasteiger partial charge in [-0.2, -0.15) is 0 Å². The Morgan fingerprint density at radius 3 is 2.62 bits per heavy atom. The van der Waals surface area contributed by atoms with Crippen molar-refractivity contribution < 1.29 is 14.3 Å². The number of benzene rings is 2. The van der Waals surface area contributed by atoms with E-state index in [4.69, 9.17) is 33.4 Å². The fraction of sp³-hybridized carbons (Fsp3) is 0.192. The summed E-state index contributed by atoms with van der Waals surface area (Å²) in [6.07, 6.45) is 0.745. The van der Waals surface area contributed by atoms with E-state index < -0.39 is 5.97 Å². The summed E-state index contributed by atoms with van der Waals surface area (Å²) in [5.41, 5.74) is 7.43. The van der Waals surface area contributed by atoms with E-state index in [1.807, 2.05) is 12.1 Å². The van der Waals surface area contributed by atoms with Crippen molar-refractivity contribution in [1.82, 2.24) is 9.97 Å². The number of rotatable bonds is 11. The Morgan fingerprint density at radius 1 is 1.05 bits per heavy atom. The first kappa shape index (κ1) is 26.3. The van der Waals surface area contributed by atoms with Crippen LogP contribution in [-0.4, -0.2) is 34.1 Å². The van der Waals surface area contributed by atoms with Gasteiger partial charge in [0.05, 0.1) is 22.8 Å². The molecule has 37 heavy (non-hydrogen) atoms. The molecular weight excluding hydrogens is 515 g/mol. The molecule has 0 aliphatic rings. The summed E-state index contributed by atoms with van der Waals surface area (Å²) in [5.74, 6) is 1.65. The smallest absolute Gasteiger partial charge is 0.337 e. The van der Waals surface area contributed by atoms with Gasteiger partial charge in [-0.05, 0) is 62.4 Å². The van der Waals surface area contributed by atoms with Crippen molar-refractivity contribution >= 4 is 52.2 Å². The van der Waals surface area contributed by atoms with Crippen LogP contribution < -0.4 is 21.7 Å². The van der Waals surface area contributed by atoms with Gasteiger partial charge in [-0.25, -0.2) is 14.8 Å². The highest BCUT2D eigenvalue weighted by Gasteiger charge is 2.17. The van der Waals surface area contributed by atoms with Crippen LogP contribution in [0.15, 0.2) is 59.0 Å². The van der Waals surface area contributed by atoms with Gasteiger partial charge in [0.25, 0.3) is 0 Å². The summed E-state index contributed by atoms with van der Waals surface area (Å²) < 4.78 is 6.02. The van der Waals surface area contributed by atoms with E-state index in [9.17, 15) is 9.90 Å². The van der Waals surface area contributed by atoms with Crippen LogP contribution in [0.3, 0.4) is 0 Å². The third kappa shape index (κ3) is 6.51. The molecule has 0 saturated carbocycles. The average molecular weight is 541 g/mol. The standard InChI is InChI=1S/C26H26Cl2N6O3/c1-15-32-24(30-12-4-11-29)23(25(33-15)34-21-6-3-2-5-18(21)26(35)36)31-14-17-8-10-22(37-17)19-13-16(27)7-9-20(19)28/h2-3,5-10,13,31H,4,11-12,14,29H2,1H3,(H,35,36)(H2,30,32,33,34). The number of furan rings is 1. The maximum absolute atomic E-state index is 11.7. The highest BCUT2D eigenvalue weighted by molar-refractivity contribution is 6.35. The number of halogens is 2. The lowest BCUT2D eigenvalue weighted by atomic mass is 10.2. The fourth-order valence-electron chi connectivity index (χ4n) is 3.65. The lowest BCUT2D eigenvalue weighted by Crippen LogP contribution is -2.15. The Balaban J connectivity index is 1.64. The molecule has 0 radical (unpaired) electrons. The average Bonchev–Trinajstić information content (AvgIpc) is 3.34. The number of carboxylic acids is 1. The van der Waals surface area contributed by atoms with Crippen LogP contribution in [0.1, 0.15) is 28.4 Å². The van der Waals surface area contributed by atoms with E-state index in [0.29, 0.717) is 75.6 Å². The van der Waals surface area contributed by atoms with Gasteiger partial charge in [0, 0.05) is 17.1 Å². The summed E-state index contributed by atoms with van der Waals surface area (Å²) in [6.45, 7) is 3.19. The molecule has 4 rings (SSSR count). The molecule has 0 amide bonds. The molecule has 11 heteroatoms. The first-order valence-corrected chi connectivity index (χ1v) is 12.3. The van der Waals surface area contributed by atoms with Gasteiger partial charge in [-0.1, -0.05) is 35.3 Å². The van der Waals surface area contributed by atoms with Gasteiger partial charge in [0.15, 0.2) is 11.6 Å². The maximum Gasteiger partial charge on any atom is 0.337 e. The molecule has 0 fully saturated rings. The predicted molar refractivity (Wildman–Crippen MR) is 147 cm³/mol. The van der Waals surface area contributed by atoms with Gasteiger partial charge in [-0.3, -0.25) is 0 Å². The van der Waals surface area contributed by atoms with E-state index in [1.165, 1.54) is 6.07 Å². The number of carboxylic acid groups (broad SMARTS) is 1. The zero-order valence-corrected chi connectivity index (χ0v) is 21.5. The van der Waals surface area contributed by atoms with Crippen LogP contribution >= 0.6 is 23.2 Å². The highest BCUT2D eigenvalue weighted by atomic mass is 35.5. The van der Waals surface area contributed by atoms with Crippen molar-refractivity contribution in [2.75, 3.05) is 29.0 Å². The lowest BCUT2D eigenvalue weighted by Gasteiger charge is -2.18. The Kier molecular flexibility index (Phi) is 8.50. The van der Waals surface area contributed by atoms with Gasteiger partial charge in [0.1, 0.15) is 23.0 Å². The minimum atomic E-state index is -1.05. The number of aromatic carboxylic acids is 1. The number of hydrogen-bond acceptors (Lipinski definition) is 8. The topological polar surface area (TPSA) is 138 Å². The number of anilines is 4. The number of hydrogen-bond donors (Lipinski definition) is 5. The molecule has 2 aromatic carbocycles. The van der Waals surface area contributed by atoms with E-state index in [2.05, 4.69) is 25.9 Å². The zero-order valence-electron chi connectivity index (χ0n) is 20.0. The third-order valence-electron chi connectivity index (χ3n) is 5.40. The molecule has 0 bridgehead atoms. The Bertz CT molecular complexity index is 1410. The Morgan fingerprint density at radius 2 is 1.84 bits per heavy atom. The molecule has 2 aromatic heterocycles. The molecule has 0 aliphatic heterocycles. The van der Waals surface area contributed by atoms with E-state index in [-0.39, 0.29) is 5.56 Å². The SMILES string of the molecule is Cc1nc(NCCCN)c(NCc2ccc(-c3cc(Cl)ccc3Cl)o2)c(Nc2ccccc2C(=O)O)n1. The monoisotopic (exact) mass is 540 g/mol. The van der Waals surface area contributed by atoms with Crippen molar-refractivity contribution in [2.24, 2.45) is 5.73 Å². The van der Waals surface area contributed by atoms with Crippen LogP contribution in [-0.2, 0) is 6.54 Å². The summed E-state index contributed by atoms with van der Waals surface area (Å²) in [6, 6.07) is 15.5. The second-order valence-corrected chi connectivity index (χ2v) is 8.98. The Hall–Kier alpha value is -3.79. The van der Waals surface area contributed by atoms with E-state index >= 15 is 0 Å². The summed E-state index contributed by atoms with van der Waals surface area (Å²) in [5, 5.41) is 20.5. The number of aryl methyl sites for hydroxylation is 1. The predicted octanol–water partition coefficient (Wildman–Crippen LogP) is 6.17. The largest absolute Gasteiger partial charge is 0.478 e. The van der Waals surface area contributed by atoms with E-state index in [1.54, 1.807) is 43.3 Å². The van der Waals surface area contributed by atoms with Crippen molar-refractivity contribution in [2.45, 2.75) is 19.9 Å². The molecule has 0 atom stereocenters. The molecule has 6 N–H and O–H groups in total. The first-order valence-electron chi connectivity index (χ1n) is 11.6. The highest BCUT2D eigenvalue weighted by Crippen LogP contribution is 2.34. The second kappa shape index (κ2) is 12.0. The van der Waals surface area contributed by atoms with Gasteiger partial charge in [0.2, 0.25) is 0 Å². The van der Waals surface area contributed by atoms with Gasteiger partial charge >= 0.3 is 5.97 Å². The minimum Gasteiger partial charge on any atom is -0.478 e. The zero-order chi connectivity index (χ0) is 26.4. The molecule has 4 aromatic rings. The normalized spacial score (nSPS) is 10.8. The van der Waals surface area contributed by atoms with Crippen LogP contribution in [0, 0.1) is 6.92 Å². The van der Waals surface area contributed by atoms with Gasteiger partial charge in [-0.15, -0.1) is 0 Å². The van der Waals surface area contributed by atoms with Gasteiger partial charge < -0.3 is 31.2 Å². The Labute approximate surface area is 224 Å². The van der Waals surface area contributed by atoms with Crippen LogP contribution in [0.5, 0.6) is 0 Å². The lowest BCUT2D eigenvalue weighted by molar-refractivity contribution is 0.0698. The number of nitrogens with zero attached hydrogens (tertiary/aromatic N) is 2. The number of aromatic nitrogens is 2. The third-order valence-corrected chi connectivity index (χ3v) is 5.96. The molecule has 0 saturated heterocycles. The molecule has 0 spiro atoms. The van der Waals surface area contributed by atoms with E-state index in [0.717, 1.165) is 6.42 Å². The molecule has 192 valence electrons. The molecule has 2 heterocycles.